The van der Waals surface area contributed by atoms with Crippen LogP contribution in [-0.2, 0) is 15.6 Å². The van der Waals surface area contributed by atoms with Crippen molar-refractivity contribution in [3.8, 4) is 0 Å². The zero-order chi connectivity index (χ0) is 19.7. The average molecular weight is 384 g/mol. The summed E-state index contributed by atoms with van der Waals surface area (Å²) in [6, 6.07) is -0.351. The van der Waals surface area contributed by atoms with Crippen LogP contribution in [0.1, 0.15) is 47.2 Å². The van der Waals surface area contributed by atoms with Crippen LogP contribution in [0.4, 0.5) is 0 Å². The highest BCUT2D eigenvalue weighted by Gasteiger charge is 2.44. The van der Waals surface area contributed by atoms with E-state index in [2.05, 4.69) is 82.7 Å². The topological polar surface area (TPSA) is 67.0 Å². The van der Waals surface area contributed by atoms with E-state index in [1.807, 2.05) is 0 Å². The van der Waals surface area contributed by atoms with Gasteiger partial charge in [-0.3, -0.25) is 4.79 Å². The number of imidazole rings is 1. The van der Waals surface area contributed by atoms with E-state index in [9.17, 15) is 4.79 Å². The summed E-state index contributed by atoms with van der Waals surface area (Å²) in [5.74, 6) is -0.133. The fraction of sp³-hybridized carbons (Fsp3) is 0.778. The Bertz CT molecular complexity index is 570. The molecule has 1 aromatic rings. The molecule has 0 aliphatic heterocycles. The highest BCUT2D eigenvalue weighted by atomic mass is 28.4. The molecular weight excluding hydrogens is 346 g/mol. The largest absolute Gasteiger partial charge is 0.518 e. The standard InChI is InChI=1S/C18H37N3O2Si2/c1-17(2,3)24(7,8)21-15(11-14-12-19-13-20-14)16(22)23-25(9,10)18(4,5)6/h12-13,15,21H,11H2,1-10H3,(H,19,20). The van der Waals surface area contributed by atoms with E-state index in [4.69, 9.17) is 4.43 Å². The van der Waals surface area contributed by atoms with Crippen molar-refractivity contribution in [2.75, 3.05) is 0 Å². The fourth-order valence-corrected chi connectivity index (χ4v) is 4.41. The average Bonchev–Trinajstić information content (AvgIpc) is 2.87. The number of H-pyrrole nitrogens is 1. The number of aromatic amines is 1. The van der Waals surface area contributed by atoms with Gasteiger partial charge >= 0.3 is 5.97 Å². The van der Waals surface area contributed by atoms with Crippen molar-refractivity contribution in [3.63, 3.8) is 0 Å². The zero-order valence-corrected chi connectivity index (χ0v) is 19.7. The lowest BCUT2D eigenvalue weighted by Gasteiger charge is -2.41. The fourth-order valence-electron chi connectivity index (χ4n) is 1.94. The van der Waals surface area contributed by atoms with Crippen LogP contribution in [0.3, 0.4) is 0 Å². The van der Waals surface area contributed by atoms with Gasteiger partial charge in [-0.15, -0.1) is 0 Å². The summed E-state index contributed by atoms with van der Waals surface area (Å²) >= 11 is 0. The van der Waals surface area contributed by atoms with Crippen molar-refractivity contribution in [2.45, 2.75) is 90.3 Å². The van der Waals surface area contributed by atoms with E-state index < -0.39 is 16.6 Å². The minimum atomic E-state index is -2.15. The van der Waals surface area contributed by atoms with Crippen LogP contribution in [0.2, 0.25) is 36.3 Å². The summed E-state index contributed by atoms with van der Waals surface area (Å²) < 4.78 is 6.10. The third-order valence-corrected chi connectivity index (χ3v) is 15.0. The molecule has 144 valence electrons. The molecule has 1 rings (SSSR count). The van der Waals surface area contributed by atoms with Gasteiger partial charge in [-0.2, -0.15) is 0 Å². The molecule has 0 spiro atoms. The predicted octanol–water partition coefficient (Wildman–Crippen LogP) is 4.46. The molecule has 25 heavy (non-hydrogen) atoms. The maximum atomic E-state index is 13.1. The van der Waals surface area contributed by atoms with Crippen molar-refractivity contribution in [1.29, 1.82) is 0 Å². The van der Waals surface area contributed by atoms with Gasteiger partial charge in [-0.05, 0) is 23.2 Å². The van der Waals surface area contributed by atoms with Gasteiger partial charge < -0.3 is 14.4 Å². The van der Waals surface area contributed by atoms with Crippen LogP contribution in [0.5, 0.6) is 0 Å². The summed E-state index contributed by atoms with van der Waals surface area (Å²) in [6.07, 6.45) is 4.00. The third-order valence-electron chi connectivity index (χ3n) is 5.84. The molecule has 1 unspecified atom stereocenters. The second-order valence-electron chi connectivity index (χ2n) is 10.0. The normalized spacial score (nSPS) is 15.1. The first kappa shape index (κ1) is 22.1. The molecule has 1 atom stereocenters. The number of carbonyl (C=O) groups excluding carboxylic acids is 1. The minimum absolute atomic E-state index is 0.00181. The van der Waals surface area contributed by atoms with Crippen LogP contribution in [-0.4, -0.2) is 38.5 Å². The molecule has 0 saturated carbocycles. The molecule has 0 saturated heterocycles. The van der Waals surface area contributed by atoms with Crippen LogP contribution >= 0.6 is 0 Å². The number of nitrogens with one attached hydrogen (secondary N) is 2. The SMILES string of the molecule is CC(C)(C)[Si](C)(C)NC(Cc1cnc[nH]1)C(=O)O[Si](C)(C)C(C)(C)C. The Morgan fingerprint density at radius 3 is 2.12 bits per heavy atom. The highest BCUT2D eigenvalue weighted by molar-refractivity contribution is 6.78. The summed E-state index contributed by atoms with van der Waals surface area (Å²) in [5, 5.41) is 0.134. The Morgan fingerprint density at radius 1 is 1.16 bits per heavy atom. The van der Waals surface area contributed by atoms with E-state index in [1.54, 1.807) is 12.5 Å². The molecule has 1 aromatic heterocycles. The third kappa shape index (κ3) is 5.79. The van der Waals surface area contributed by atoms with E-state index in [-0.39, 0.29) is 22.1 Å². The quantitative estimate of drug-likeness (QED) is 0.712. The lowest BCUT2D eigenvalue weighted by Crippen LogP contribution is -2.60. The van der Waals surface area contributed by atoms with Crippen molar-refractivity contribution < 1.29 is 9.22 Å². The molecule has 0 amide bonds. The highest BCUT2D eigenvalue weighted by Crippen LogP contribution is 2.37. The van der Waals surface area contributed by atoms with Gasteiger partial charge in [0.2, 0.25) is 0 Å². The van der Waals surface area contributed by atoms with Gasteiger partial charge in [0.1, 0.15) is 14.3 Å². The van der Waals surface area contributed by atoms with Crippen LogP contribution in [0.25, 0.3) is 0 Å². The number of aromatic nitrogens is 2. The van der Waals surface area contributed by atoms with Crippen LogP contribution in [0.15, 0.2) is 12.5 Å². The van der Waals surface area contributed by atoms with Crippen molar-refractivity contribution in [3.05, 3.63) is 18.2 Å². The molecule has 0 bridgehead atoms. The summed E-state index contributed by atoms with van der Waals surface area (Å²) in [7, 11) is -4.01. The minimum Gasteiger partial charge on any atom is -0.518 e. The Labute approximate surface area is 155 Å². The molecule has 0 radical (unpaired) electrons. The van der Waals surface area contributed by atoms with Crippen molar-refractivity contribution in [1.82, 2.24) is 15.0 Å². The number of carbonyl (C=O) groups is 1. The smallest absolute Gasteiger partial charge is 0.309 e. The first-order chi connectivity index (χ1) is 11.1. The maximum absolute atomic E-state index is 13.1. The van der Waals surface area contributed by atoms with Gasteiger partial charge in [0, 0.05) is 18.3 Å². The number of nitrogens with zero attached hydrogens (tertiary/aromatic N) is 1. The summed E-state index contributed by atoms with van der Waals surface area (Å²) in [6.45, 7) is 21.9. The molecule has 1 heterocycles. The first-order valence-electron chi connectivity index (χ1n) is 9.05. The van der Waals surface area contributed by atoms with Gasteiger partial charge in [0.05, 0.1) is 6.33 Å². The second kappa shape index (κ2) is 7.36. The Morgan fingerprint density at radius 2 is 1.72 bits per heavy atom. The van der Waals surface area contributed by atoms with E-state index in [0.29, 0.717) is 6.42 Å². The maximum Gasteiger partial charge on any atom is 0.309 e. The number of rotatable bonds is 6. The Balaban J connectivity index is 3.04. The van der Waals surface area contributed by atoms with E-state index in [0.717, 1.165) is 5.69 Å². The zero-order valence-electron chi connectivity index (χ0n) is 17.7. The van der Waals surface area contributed by atoms with Gasteiger partial charge in [0.25, 0.3) is 8.32 Å². The molecular formula is C18H37N3O2Si2. The van der Waals surface area contributed by atoms with Gasteiger partial charge in [0.15, 0.2) is 0 Å². The Kier molecular flexibility index (Phi) is 6.51. The second-order valence-corrected chi connectivity index (χ2v) is 19.8. The first-order valence-corrected chi connectivity index (χ1v) is 15.0. The predicted molar refractivity (Wildman–Crippen MR) is 110 cm³/mol. The lowest BCUT2D eigenvalue weighted by molar-refractivity contribution is -0.137. The Hall–Kier alpha value is -0.926. The molecule has 7 heteroatoms. The van der Waals surface area contributed by atoms with Gasteiger partial charge in [-0.25, -0.2) is 4.98 Å². The molecule has 2 N–H and O–H groups in total. The molecule has 0 aromatic carbocycles. The number of hydrogen-bond donors (Lipinski definition) is 2. The van der Waals surface area contributed by atoms with Crippen LogP contribution < -0.4 is 4.98 Å². The monoisotopic (exact) mass is 383 g/mol. The van der Waals surface area contributed by atoms with Crippen molar-refractivity contribution >= 4 is 22.5 Å². The van der Waals surface area contributed by atoms with Crippen LogP contribution in [0, 0.1) is 0 Å². The number of hydrogen-bond acceptors (Lipinski definition) is 4. The molecule has 0 aliphatic carbocycles. The molecule has 0 fully saturated rings. The summed E-state index contributed by atoms with van der Waals surface area (Å²) in [4.78, 5) is 23.9. The van der Waals surface area contributed by atoms with E-state index in [1.165, 1.54) is 0 Å². The van der Waals surface area contributed by atoms with Crippen molar-refractivity contribution in [2.24, 2.45) is 0 Å². The summed E-state index contributed by atoms with van der Waals surface area (Å²) in [5.41, 5.74) is 0.948. The van der Waals surface area contributed by atoms with Gasteiger partial charge in [-0.1, -0.05) is 54.6 Å². The molecule has 0 aliphatic rings. The molecule has 5 nitrogen and oxygen atoms in total. The van der Waals surface area contributed by atoms with E-state index >= 15 is 0 Å². The lowest BCUT2D eigenvalue weighted by atomic mass is 10.2.